The number of ketones is 1. The zero-order chi connectivity index (χ0) is 14.7. The Morgan fingerprint density at radius 1 is 0.952 bits per heavy atom. The molecule has 0 bridgehead atoms. The topological polar surface area (TPSA) is 92.4 Å². The second-order valence-electron chi connectivity index (χ2n) is 4.81. The summed E-state index contributed by atoms with van der Waals surface area (Å²) in [6.07, 6.45) is 0. The monoisotopic (exact) mass is 280 g/mol. The molecule has 0 atom stereocenters. The van der Waals surface area contributed by atoms with Gasteiger partial charge in [-0.25, -0.2) is 4.98 Å². The molecule has 1 aromatic heterocycles. The Morgan fingerprint density at radius 3 is 2.48 bits per heavy atom. The zero-order valence-electron chi connectivity index (χ0n) is 10.6. The van der Waals surface area contributed by atoms with Crippen LogP contribution in [-0.2, 0) is 0 Å². The summed E-state index contributed by atoms with van der Waals surface area (Å²) in [5.74, 6) is -0.492. The molecule has 0 amide bonds. The van der Waals surface area contributed by atoms with Crippen LogP contribution in [0.25, 0.3) is 16.6 Å². The first-order chi connectivity index (χ1) is 10.1. The van der Waals surface area contributed by atoms with E-state index in [9.17, 15) is 19.8 Å². The molecule has 1 aliphatic rings. The first kappa shape index (κ1) is 11.7. The second-order valence-corrected chi connectivity index (χ2v) is 4.81. The van der Waals surface area contributed by atoms with Gasteiger partial charge in [0.05, 0.1) is 22.2 Å². The van der Waals surface area contributed by atoms with Gasteiger partial charge in [-0.05, 0) is 36.4 Å². The van der Waals surface area contributed by atoms with E-state index in [0.29, 0.717) is 11.2 Å². The maximum absolute atomic E-state index is 12.6. The normalized spacial score (nSPS) is 12.5. The average molecular weight is 280 g/mol. The van der Waals surface area contributed by atoms with Crippen LogP contribution in [0.1, 0.15) is 16.2 Å². The number of carbonyl (C=O) groups excluding carboxylic acids is 1. The first-order valence-corrected chi connectivity index (χ1v) is 6.20. The largest absolute Gasteiger partial charge is 0.508 e. The van der Waals surface area contributed by atoms with E-state index in [1.54, 1.807) is 0 Å². The maximum atomic E-state index is 12.6. The molecule has 0 unspecified atom stereocenters. The van der Waals surface area contributed by atoms with Crippen LogP contribution < -0.4 is 5.56 Å². The molecule has 0 saturated carbocycles. The third-order valence-electron chi connectivity index (χ3n) is 3.52. The molecule has 0 spiro atoms. The van der Waals surface area contributed by atoms with Crippen molar-refractivity contribution in [3.8, 4) is 17.2 Å². The van der Waals surface area contributed by atoms with E-state index in [4.69, 9.17) is 0 Å². The summed E-state index contributed by atoms with van der Waals surface area (Å²) in [5.41, 5.74) is 0.535. The van der Waals surface area contributed by atoms with E-state index in [-0.39, 0.29) is 28.3 Å². The molecule has 2 aromatic carbocycles. The quantitative estimate of drug-likeness (QED) is 0.507. The predicted octanol–water partition coefficient (Wildman–Crippen LogP) is 1.34. The zero-order valence-corrected chi connectivity index (χ0v) is 10.6. The number of aromatic nitrogens is 2. The standard InChI is InChI=1S/C15H8N2O4/c18-7-1-3-11-9(5-7)15(21)17-12-4-2-8(19)6-10(12)13(20)14(17)16-11/h1-6,18-19H. The minimum Gasteiger partial charge on any atom is -0.508 e. The van der Waals surface area contributed by atoms with E-state index in [2.05, 4.69) is 4.98 Å². The molecule has 6 nitrogen and oxygen atoms in total. The number of hydrogen-bond donors (Lipinski definition) is 2. The van der Waals surface area contributed by atoms with Crippen molar-refractivity contribution in [1.29, 1.82) is 0 Å². The van der Waals surface area contributed by atoms with E-state index in [0.717, 1.165) is 0 Å². The Balaban J connectivity index is 2.18. The van der Waals surface area contributed by atoms with Crippen LogP contribution in [0.3, 0.4) is 0 Å². The van der Waals surface area contributed by atoms with Gasteiger partial charge in [0.15, 0.2) is 5.82 Å². The Kier molecular flexibility index (Phi) is 2.05. The molecule has 21 heavy (non-hydrogen) atoms. The lowest BCUT2D eigenvalue weighted by molar-refractivity contribution is 0.103. The van der Waals surface area contributed by atoms with Crippen molar-refractivity contribution in [3.05, 3.63) is 58.1 Å². The fourth-order valence-corrected chi connectivity index (χ4v) is 2.57. The van der Waals surface area contributed by atoms with E-state index < -0.39 is 11.3 Å². The highest BCUT2D eigenvalue weighted by molar-refractivity contribution is 6.13. The highest BCUT2D eigenvalue weighted by Crippen LogP contribution is 2.29. The van der Waals surface area contributed by atoms with E-state index in [1.165, 1.54) is 41.0 Å². The number of nitrogens with zero attached hydrogens (tertiary/aromatic N) is 2. The lowest BCUT2D eigenvalue weighted by atomic mass is 10.1. The molecule has 0 radical (unpaired) electrons. The van der Waals surface area contributed by atoms with Crippen molar-refractivity contribution < 1.29 is 15.0 Å². The number of aromatic hydroxyl groups is 2. The summed E-state index contributed by atoms with van der Waals surface area (Å²) >= 11 is 0. The van der Waals surface area contributed by atoms with Gasteiger partial charge in [-0.15, -0.1) is 0 Å². The molecule has 4 rings (SSSR count). The van der Waals surface area contributed by atoms with E-state index >= 15 is 0 Å². The maximum Gasteiger partial charge on any atom is 0.266 e. The van der Waals surface area contributed by atoms with Crippen molar-refractivity contribution in [2.24, 2.45) is 0 Å². The van der Waals surface area contributed by atoms with Crippen LogP contribution >= 0.6 is 0 Å². The van der Waals surface area contributed by atoms with Gasteiger partial charge < -0.3 is 10.2 Å². The number of phenols is 2. The average Bonchev–Trinajstić information content (AvgIpc) is 2.73. The third-order valence-corrected chi connectivity index (χ3v) is 3.52. The van der Waals surface area contributed by atoms with Crippen molar-refractivity contribution in [2.75, 3.05) is 0 Å². The Bertz CT molecular complexity index is 1000. The minimum atomic E-state index is -0.427. The van der Waals surface area contributed by atoms with Gasteiger partial charge >= 0.3 is 0 Å². The van der Waals surface area contributed by atoms with Crippen molar-refractivity contribution >= 4 is 16.7 Å². The molecule has 0 saturated heterocycles. The highest BCUT2D eigenvalue weighted by atomic mass is 16.3. The molecule has 2 heterocycles. The summed E-state index contributed by atoms with van der Waals surface area (Å²) in [7, 11) is 0. The Labute approximate surface area is 117 Å². The van der Waals surface area contributed by atoms with Gasteiger partial charge in [0, 0.05) is 0 Å². The number of rotatable bonds is 0. The first-order valence-electron chi connectivity index (χ1n) is 6.20. The Morgan fingerprint density at radius 2 is 1.67 bits per heavy atom. The van der Waals surface area contributed by atoms with Gasteiger partial charge in [-0.1, -0.05) is 0 Å². The smallest absolute Gasteiger partial charge is 0.266 e. The summed E-state index contributed by atoms with van der Waals surface area (Å²) in [6, 6.07) is 8.43. The molecular formula is C15H8N2O4. The lowest BCUT2D eigenvalue weighted by Crippen LogP contribution is -2.21. The molecular weight excluding hydrogens is 272 g/mol. The summed E-state index contributed by atoms with van der Waals surface area (Å²) in [6.45, 7) is 0. The van der Waals surface area contributed by atoms with Crippen LogP contribution in [0.5, 0.6) is 11.5 Å². The number of fused-ring (bicyclic) bond motifs is 4. The molecule has 6 heteroatoms. The Hall–Kier alpha value is -3.15. The molecule has 1 aliphatic heterocycles. The van der Waals surface area contributed by atoms with Crippen molar-refractivity contribution in [3.63, 3.8) is 0 Å². The highest BCUT2D eigenvalue weighted by Gasteiger charge is 2.30. The molecule has 3 aromatic rings. The third kappa shape index (κ3) is 1.44. The van der Waals surface area contributed by atoms with Crippen molar-refractivity contribution in [2.45, 2.75) is 0 Å². The molecule has 0 fully saturated rings. The second kappa shape index (κ2) is 3.69. The summed E-state index contributed by atoms with van der Waals surface area (Å²) in [4.78, 5) is 29.1. The van der Waals surface area contributed by atoms with E-state index in [1.807, 2.05) is 0 Å². The summed E-state index contributed by atoms with van der Waals surface area (Å²) in [5, 5.41) is 19.2. The summed E-state index contributed by atoms with van der Waals surface area (Å²) < 4.78 is 1.21. The van der Waals surface area contributed by atoms with Crippen LogP contribution in [-0.4, -0.2) is 25.5 Å². The van der Waals surface area contributed by atoms with Gasteiger partial charge in [-0.2, -0.15) is 0 Å². The molecule has 0 aliphatic carbocycles. The fraction of sp³-hybridized carbons (Fsp3) is 0. The van der Waals surface area contributed by atoms with Crippen molar-refractivity contribution in [1.82, 2.24) is 9.55 Å². The van der Waals surface area contributed by atoms with Crippen LogP contribution in [0.2, 0.25) is 0 Å². The SMILES string of the molecule is O=C1c2cc(O)ccc2-n2c1nc1ccc(O)cc1c2=O. The fourth-order valence-electron chi connectivity index (χ4n) is 2.57. The number of carbonyl (C=O) groups is 1. The predicted molar refractivity (Wildman–Crippen MR) is 74.1 cm³/mol. The van der Waals surface area contributed by atoms with Crippen LogP contribution in [0.4, 0.5) is 0 Å². The van der Waals surface area contributed by atoms with Gasteiger partial charge in [0.25, 0.3) is 5.56 Å². The molecule has 2 N–H and O–H groups in total. The molecule has 102 valence electrons. The van der Waals surface area contributed by atoms with Gasteiger partial charge in [-0.3, -0.25) is 14.2 Å². The van der Waals surface area contributed by atoms with Gasteiger partial charge in [0.2, 0.25) is 5.78 Å². The minimum absolute atomic E-state index is 0.0128. The number of phenolic OH excluding ortho intramolecular Hbond substituents is 2. The lowest BCUT2D eigenvalue weighted by Gasteiger charge is -2.05. The van der Waals surface area contributed by atoms with Crippen LogP contribution in [0.15, 0.2) is 41.2 Å². The van der Waals surface area contributed by atoms with Gasteiger partial charge in [0.1, 0.15) is 11.5 Å². The van der Waals surface area contributed by atoms with Crippen LogP contribution in [0, 0.1) is 0 Å². The number of benzene rings is 2. The number of hydrogen-bond acceptors (Lipinski definition) is 5.